The van der Waals surface area contributed by atoms with Gasteiger partial charge in [0, 0.05) is 4.90 Å². The van der Waals surface area contributed by atoms with Crippen LogP contribution >= 0.6 is 11.8 Å². The van der Waals surface area contributed by atoms with Crippen LogP contribution in [-0.4, -0.2) is 24.8 Å². The molecule has 0 atom stereocenters. The molecule has 1 N–H and O–H groups in total. The zero-order valence-electron chi connectivity index (χ0n) is 12.9. The van der Waals surface area contributed by atoms with E-state index in [0.29, 0.717) is 24.5 Å². The average molecular weight is 326 g/mol. The number of thioether (sulfide) groups is 1. The number of nitrogens with zero attached hydrogens (tertiary/aromatic N) is 1. The van der Waals surface area contributed by atoms with Gasteiger partial charge in [0.1, 0.15) is 12.4 Å². The second-order valence-electron chi connectivity index (χ2n) is 4.86. The average Bonchev–Trinajstić information content (AvgIpc) is 2.57. The van der Waals surface area contributed by atoms with Gasteiger partial charge < -0.3 is 10.1 Å². The van der Waals surface area contributed by atoms with Crippen molar-refractivity contribution < 1.29 is 9.53 Å². The van der Waals surface area contributed by atoms with Crippen molar-refractivity contribution in [2.75, 3.05) is 18.9 Å². The highest BCUT2D eigenvalue weighted by molar-refractivity contribution is 7.99. The quantitative estimate of drug-likeness (QED) is 0.625. The van der Waals surface area contributed by atoms with Crippen LogP contribution in [0.15, 0.2) is 53.4 Å². The van der Waals surface area contributed by atoms with Crippen molar-refractivity contribution >= 4 is 17.7 Å². The minimum atomic E-state index is -0.154. The van der Waals surface area contributed by atoms with Gasteiger partial charge in [0.2, 0.25) is 0 Å². The first kappa shape index (κ1) is 16.9. The van der Waals surface area contributed by atoms with Crippen molar-refractivity contribution in [1.29, 1.82) is 5.26 Å². The maximum atomic E-state index is 12.2. The Hall–Kier alpha value is -2.45. The van der Waals surface area contributed by atoms with E-state index in [-0.39, 0.29) is 5.91 Å². The lowest BCUT2D eigenvalue weighted by atomic mass is 10.2. The van der Waals surface area contributed by atoms with E-state index in [1.165, 1.54) is 11.8 Å². The summed E-state index contributed by atoms with van der Waals surface area (Å²) >= 11 is 1.36. The third-order valence-electron chi connectivity index (χ3n) is 3.07. The third kappa shape index (κ3) is 5.35. The first-order chi connectivity index (χ1) is 11.2. The van der Waals surface area contributed by atoms with E-state index in [9.17, 15) is 4.79 Å². The molecule has 23 heavy (non-hydrogen) atoms. The Balaban J connectivity index is 1.84. The van der Waals surface area contributed by atoms with Gasteiger partial charge in [-0.1, -0.05) is 24.3 Å². The molecule has 118 valence electrons. The van der Waals surface area contributed by atoms with Crippen molar-refractivity contribution in [3.05, 3.63) is 59.7 Å². The Morgan fingerprint density at radius 2 is 2.09 bits per heavy atom. The molecule has 0 aliphatic heterocycles. The number of aryl methyl sites for hydroxylation is 1. The van der Waals surface area contributed by atoms with E-state index in [1.807, 2.05) is 49.4 Å². The number of carbonyl (C=O) groups excluding carboxylic acids is 1. The van der Waals surface area contributed by atoms with Crippen molar-refractivity contribution in [1.82, 2.24) is 5.32 Å². The molecule has 0 aliphatic carbocycles. The number of hydrogen-bond acceptors (Lipinski definition) is 4. The number of ether oxygens (including phenoxy) is 1. The van der Waals surface area contributed by atoms with E-state index in [4.69, 9.17) is 10.00 Å². The van der Waals surface area contributed by atoms with Crippen molar-refractivity contribution in [2.45, 2.75) is 11.8 Å². The first-order valence-electron chi connectivity index (χ1n) is 7.27. The smallest absolute Gasteiger partial charge is 0.252 e. The molecule has 2 rings (SSSR count). The van der Waals surface area contributed by atoms with Gasteiger partial charge in [-0.3, -0.25) is 4.79 Å². The fourth-order valence-electron chi connectivity index (χ4n) is 2.02. The molecule has 0 bridgehead atoms. The maximum absolute atomic E-state index is 12.2. The molecule has 0 fully saturated rings. The molecule has 5 heteroatoms. The maximum Gasteiger partial charge on any atom is 0.252 e. The van der Waals surface area contributed by atoms with Crippen LogP contribution in [0.1, 0.15) is 15.9 Å². The molecule has 0 radical (unpaired) electrons. The lowest BCUT2D eigenvalue weighted by Gasteiger charge is -2.10. The molecule has 0 heterocycles. The molecule has 0 aromatic heterocycles. The Bertz CT molecular complexity index is 710. The second-order valence-corrected chi connectivity index (χ2v) is 5.88. The van der Waals surface area contributed by atoms with E-state index >= 15 is 0 Å². The highest BCUT2D eigenvalue weighted by atomic mass is 32.2. The number of benzene rings is 2. The van der Waals surface area contributed by atoms with Crippen LogP contribution < -0.4 is 10.1 Å². The molecule has 2 aromatic carbocycles. The molecule has 4 nitrogen and oxygen atoms in total. The summed E-state index contributed by atoms with van der Waals surface area (Å²) in [6.45, 7) is 2.83. The standard InChI is InChI=1S/C18H18N2O2S/c1-14-5-4-6-15(13-14)22-11-10-20-18(21)16-7-2-3-8-17(16)23-12-9-19/h2-8,13H,10-12H2,1H3,(H,20,21). The highest BCUT2D eigenvalue weighted by Gasteiger charge is 2.10. The van der Waals surface area contributed by atoms with E-state index in [0.717, 1.165) is 16.2 Å². The summed E-state index contributed by atoms with van der Waals surface area (Å²) < 4.78 is 5.61. The van der Waals surface area contributed by atoms with Gasteiger partial charge in [-0.25, -0.2) is 0 Å². The first-order valence-corrected chi connectivity index (χ1v) is 8.25. The Labute approximate surface area is 140 Å². The molecule has 0 unspecified atom stereocenters. The molecule has 0 spiro atoms. The lowest BCUT2D eigenvalue weighted by Crippen LogP contribution is -2.28. The van der Waals surface area contributed by atoms with Gasteiger partial charge in [-0.2, -0.15) is 5.26 Å². The molecular formula is C18H18N2O2S. The summed E-state index contributed by atoms with van der Waals surface area (Å²) in [4.78, 5) is 13.0. The topological polar surface area (TPSA) is 62.1 Å². The predicted octanol–water partition coefficient (Wildman–Crippen LogP) is 3.42. The summed E-state index contributed by atoms with van der Waals surface area (Å²) in [5.74, 6) is 0.962. The zero-order valence-corrected chi connectivity index (χ0v) is 13.7. The normalized spacial score (nSPS) is 9.91. The zero-order chi connectivity index (χ0) is 16.5. The molecule has 0 aliphatic rings. The number of carbonyl (C=O) groups is 1. The number of nitriles is 1. The largest absolute Gasteiger partial charge is 0.492 e. The van der Waals surface area contributed by atoms with E-state index in [1.54, 1.807) is 6.07 Å². The fourth-order valence-corrected chi connectivity index (χ4v) is 2.74. The lowest BCUT2D eigenvalue weighted by molar-refractivity contribution is 0.0944. The fraction of sp³-hybridized carbons (Fsp3) is 0.222. The predicted molar refractivity (Wildman–Crippen MR) is 91.8 cm³/mol. The summed E-state index contributed by atoms with van der Waals surface area (Å²) in [5, 5.41) is 11.5. The van der Waals surface area contributed by atoms with Crippen molar-refractivity contribution in [3.63, 3.8) is 0 Å². The molecule has 0 saturated heterocycles. The third-order valence-corrected chi connectivity index (χ3v) is 4.01. The van der Waals surface area contributed by atoms with Crippen molar-refractivity contribution in [2.24, 2.45) is 0 Å². The van der Waals surface area contributed by atoms with Gasteiger partial charge in [0.05, 0.1) is 23.9 Å². The second kappa shape index (κ2) is 8.86. The number of amides is 1. The van der Waals surface area contributed by atoms with Crippen LogP contribution in [0.2, 0.25) is 0 Å². The van der Waals surface area contributed by atoms with Gasteiger partial charge >= 0.3 is 0 Å². The summed E-state index contributed by atoms with van der Waals surface area (Å²) in [6.07, 6.45) is 0. The van der Waals surface area contributed by atoms with Gasteiger partial charge in [0.25, 0.3) is 5.91 Å². The Morgan fingerprint density at radius 3 is 2.87 bits per heavy atom. The Morgan fingerprint density at radius 1 is 1.26 bits per heavy atom. The minimum Gasteiger partial charge on any atom is -0.492 e. The van der Waals surface area contributed by atoms with E-state index in [2.05, 4.69) is 11.4 Å². The molecule has 1 amide bonds. The van der Waals surface area contributed by atoms with E-state index < -0.39 is 0 Å². The van der Waals surface area contributed by atoms with Crippen LogP contribution in [0.25, 0.3) is 0 Å². The number of hydrogen-bond donors (Lipinski definition) is 1. The highest BCUT2D eigenvalue weighted by Crippen LogP contribution is 2.22. The Kier molecular flexibility index (Phi) is 6.52. The van der Waals surface area contributed by atoms with Crippen LogP contribution in [0.3, 0.4) is 0 Å². The summed E-state index contributed by atoms with van der Waals surface area (Å²) in [5.41, 5.74) is 1.72. The van der Waals surface area contributed by atoms with Crippen LogP contribution in [0, 0.1) is 18.3 Å². The monoisotopic (exact) mass is 326 g/mol. The number of rotatable bonds is 7. The van der Waals surface area contributed by atoms with Gasteiger partial charge in [-0.05, 0) is 36.8 Å². The molecule has 0 saturated carbocycles. The number of nitrogens with one attached hydrogen (secondary N) is 1. The van der Waals surface area contributed by atoms with Gasteiger partial charge in [-0.15, -0.1) is 11.8 Å². The van der Waals surface area contributed by atoms with Crippen LogP contribution in [0.4, 0.5) is 0 Å². The van der Waals surface area contributed by atoms with Gasteiger partial charge in [0.15, 0.2) is 0 Å². The minimum absolute atomic E-state index is 0.154. The van der Waals surface area contributed by atoms with Crippen molar-refractivity contribution in [3.8, 4) is 11.8 Å². The summed E-state index contributed by atoms with van der Waals surface area (Å²) in [7, 11) is 0. The van der Waals surface area contributed by atoms with Crippen LogP contribution in [-0.2, 0) is 0 Å². The molecule has 2 aromatic rings. The molecular weight excluding hydrogens is 308 g/mol. The van der Waals surface area contributed by atoms with Crippen LogP contribution in [0.5, 0.6) is 5.75 Å². The SMILES string of the molecule is Cc1cccc(OCCNC(=O)c2ccccc2SCC#N)c1. The summed E-state index contributed by atoms with van der Waals surface area (Å²) in [6, 6.07) is 17.1.